The molecule has 3 heterocycles. The number of aromatic amines is 1. The van der Waals surface area contributed by atoms with E-state index in [0.717, 1.165) is 10.9 Å². The summed E-state index contributed by atoms with van der Waals surface area (Å²) in [4.78, 5) is 25.5. The third-order valence-corrected chi connectivity index (χ3v) is 6.14. The smallest absolute Gasteiger partial charge is 0.347 e. The molecule has 5 rings (SSSR count). The van der Waals surface area contributed by atoms with Gasteiger partial charge in [0.1, 0.15) is 16.5 Å². The van der Waals surface area contributed by atoms with E-state index in [0.29, 0.717) is 11.3 Å². The molecule has 0 saturated carbocycles. The largest absolute Gasteiger partial charge is 0.422 e. The molecule has 1 unspecified atom stereocenters. The summed E-state index contributed by atoms with van der Waals surface area (Å²) in [5.41, 5.74) is 1.13. The van der Waals surface area contributed by atoms with Crippen LogP contribution in [0.15, 0.2) is 69.9 Å². The fraction of sp³-hybridized carbons (Fsp3) is 0.100. The maximum Gasteiger partial charge on any atom is 0.347 e. The zero-order valence-electron chi connectivity index (χ0n) is 14.9. The Hall–Kier alpha value is -3.17. The molecule has 1 amide bonds. The molecule has 0 bridgehead atoms. The van der Waals surface area contributed by atoms with Gasteiger partial charge < -0.3 is 4.42 Å². The van der Waals surface area contributed by atoms with Gasteiger partial charge in [0.15, 0.2) is 5.82 Å². The van der Waals surface area contributed by atoms with Crippen LogP contribution in [0.2, 0.25) is 0 Å². The Labute approximate surface area is 173 Å². The molecule has 4 aromatic rings. The van der Waals surface area contributed by atoms with E-state index in [4.69, 9.17) is 16.6 Å². The number of para-hydroxylation sites is 1. The van der Waals surface area contributed by atoms with Crippen molar-refractivity contribution in [2.75, 3.05) is 10.8 Å². The molecule has 144 valence electrons. The molecular weight excluding hydrogens is 408 g/mol. The lowest BCUT2D eigenvalue weighted by molar-refractivity contribution is -0.117. The topological polar surface area (TPSA) is 84.1 Å². The van der Waals surface area contributed by atoms with E-state index in [1.54, 1.807) is 23.2 Å². The molecule has 9 heteroatoms. The summed E-state index contributed by atoms with van der Waals surface area (Å²) < 4.78 is 7.17. The molecule has 7 nitrogen and oxygen atoms in total. The maximum atomic E-state index is 12.8. The number of H-pyrrole nitrogens is 1. The second-order valence-electron chi connectivity index (χ2n) is 6.46. The predicted molar refractivity (Wildman–Crippen MR) is 114 cm³/mol. The first-order valence-electron chi connectivity index (χ1n) is 8.83. The molecule has 29 heavy (non-hydrogen) atoms. The van der Waals surface area contributed by atoms with Crippen LogP contribution in [0.5, 0.6) is 0 Å². The number of nitrogens with one attached hydrogen (secondary N) is 1. The third-order valence-electron chi connectivity index (χ3n) is 4.68. The van der Waals surface area contributed by atoms with Gasteiger partial charge in [0, 0.05) is 5.39 Å². The number of carbonyl (C=O) groups is 1. The number of rotatable bonds is 3. The lowest BCUT2D eigenvalue weighted by Crippen LogP contribution is -2.39. The lowest BCUT2D eigenvalue weighted by Gasteiger charge is -2.25. The molecule has 1 aliphatic rings. The minimum atomic E-state index is -0.547. The van der Waals surface area contributed by atoms with E-state index in [-0.39, 0.29) is 27.4 Å². The van der Waals surface area contributed by atoms with Gasteiger partial charge in [-0.1, -0.05) is 48.5 Å². The van der Waals surface area contributed by atoms with Crippen LogP contribution < -0.4 is 10.6 Å². The Balaban J connectivity index is 1.70. The van der Waals surface area contributed by atoms with Crippen molar-refractivity contribution in [3.8, 4) is 11.4 Å². The number of benzene rings is 2. The lowest BCUT2D eigenvalue weighted by atomic mass is 10.2. The summed E-state index contributed by atoms with van der Waals surface area (Å²) in [5, 5.41) is 8.98. The van der Waals surface area contributed by atoms with Gasteiger partial charge in [-0.05, 0) is 29.9 Å². The number of thioether (sulfide) groups is 1. The van der Waals surface area contributed by atoms with Gasteiger partial charge in [0.05, 0.1) is 5.75 Å². The van der Waals surface area contributed by atoms with Crippen molar-refractivity contribution in [2.24, 2.45) is 0 Å². The van der Waals surface area contributed by atoms with Gasteiger partial charge in [-0.15, -0.1) is 11.8 Å². The molecule has 0 aliphatic carbocycles. The van der Waals surface area contributed by atoms with Crippen LogP contribution >= 0.6 is 24.0 Å². The number of hydrogen-bond acceptors (Lipinski definition) is 6. The number of hydrogen-bond donors (Lipinski definition) is 1. The Morgan fingerprint density at radius 1 is 1.10 bits per heavy atom. The highest BCUT2D eigenvalue weighted by molar-refractivity contribution is 8.00. The highest BCUT2D eigenvalue weighted by Gasteiger charge is 2.37. The molecular formula is C20H14N4O3S2. The first-order chi connectivity index (χ1) is 14.1. The molecule has 1 aliphatic heterocycles. The summed E-state index contributed by atoms with van der Waals surface area (Å²) in [5.74, 6) is 0.428. The summed E-state index contributed by atoms with van der Waals surface area (Å²) in [6.07, 6.45) is 0. The Morgan fingerprint density at radius 2 is 1.86 bits per heavy atom. The van der Waals surface area contributed by atoms with Crippen LogP contribution in [0, 0.1) is 4.77 Å². The number of fused-ring (bicyclic) bond motifs is 1. The Bertz CT molecular complexity index is 1340. The summed E-state index contributed by atoms with van der Waals surface area (Å²) in [6.45, 7) is 0. The zero-order chi connectivity index (χ0) is 20.0. The van der Waals surface area contributed by atoms with E-state index in [1.807, 2.05) is 42.5 Å². The molecule has 1 atom stereocenters. The maximum absolute atomic E-state index is 12.8. The van der Waals surface area contributed by atoms with Crippen molar-refractivity contribution in [3.05, 3.63) is 81.4 Å². The number of aromatic nitrogens is 3. The molecule has 0 spiro atoms. The average molecular weight is 422 g/mol. The highest BCUT2D eigenvalue weighted by atomic mass is 32.2. The SMILES string of the molecule is O=C1CSC(c2ccccc2)N1n1c(-c2cc3ccccc3oc2=O)n[nH]c1=S. The van der Waals surface area contributed by atoms with E-state index in [2.05, 4.69) is 10.2 Å². The van der Waals surface area contributed by atoms with Crippen LogP contribution in [0.3, 0.4) is 0 Å². The minimum Gasteiger partial charge on any atom is -0.422 e. The van der Waals surface area contributed by atoms with Crippen molar-refractivity contribution in [2.45, 2.75) is 5.37 Å². The Kier molecular flexibility index (Phi) is 4.33. The summed E-state index contributed by atoms with van der Waals surface area (Å²) in [7, 11) is 0. The van der Waals surface area contributed by atoms with E-state index in [1.165, 1.54) is 16.4 Å². The monoisotopic (exact) mass is 422 g/mol. The van der Waals surface area contributed by atoms with Crippen LogP contribution in [0.25, 0.3) is 22.4 Å². The standard InChI is InChI=1S/C20H14N4O3S2/c25-16-11-29-18(12-6-2-1-3-7-12)23(16)24-17(21-22-20(24)28)14-10-13-8-4-5-9-15(13)27-19(14)26/h1-10,18H,11H2,(H,22,28). The minimum absolute atomic E-state index is 0.118. The van der Waals surface area contributed by atoms with Crippen LogP contribution in [0.1, 0.15) is 10.9 Å². The summed E-state index contributed by atoms with van der Waals surface area (Å²) >= 11 is 6.91. The fourth-order valence-electron chi connectivity index (χ4n) is 3.37. The van der Waals surface area contributed by atoms with Crippen LogP contribution in [-0.4, -0.2) is 26.5 Å². The van der Waals surface area contributed by atoms with E-state index in [9.17, 15) is 9.59 Å². The van der Waals surface area contributed by atoms with Gasteiger partial charge >= 0.3 is 5.63 Å². The van der Waals surface area contributed by atoms with Gasteiger partial charge in [-0.3, -0.25) is 4.79 Å². The van der Waals surface area contributed by atoms with Crippen molar-refractivity contribution in [3.63, 3.8) is 0 Å². The van der Waals surface area contributed by atoms with Crippen molar-refractivity contribution in [1.29, 1.82) is 0 Å². The van der Waals surface area contributed by atoms with Crippen molar-refractivity contribution in [1.82, 2.24) is 14.9 Å². The second kappa shape index (κ2) is 7.02. The van der Waals surface area contributed by atoms with Gasteiger partial charge in [-0.2, -0.15) is 5.10 Å². The van der Waals surface area contributed by atoms with Gasteiger partial charge in [0.2, 0.25) is 4.77 Å². The predicted octanol–water partition coefficient (Wildman–Crippen LogP) is 3.62. The van der Waals surface area contributed by atoms with Crippen LogP contribution in [-0.2, 0) is 4.79 Å². The second-order valence-corrected chi connectivity index (χ2v) is 7.92. The molecule has 1 N–H and O–H groups in total. The van der Waals surface area contributed by atoms with E-state index < -0.39 is 5.63 Å². The normalized spacial score (nSPS) is 16.6. The number of amides is 1. The van der Waals surface area contributed by atoms with Gasteiger partial charge in [-0.25, -0.2) is 19.6 Å². The third kappa shape index (κ3) is 2.99. The zero-order valence-corrected chi connectivity index (χ0v) is 16.6. The number of carbonyl (C=O) groups excluding carboxylic acids is 1. The van der Waals surface area contributed by atoms with Crippen molar-refractivity contribution >= 4 is 40.9 Å². The quantitative estimate of drug-likeness (QED) is 0.401. The average Bonchev–Trinajstić information content (AvgIpc) is 3.30. The van der Waals surface area contributed by atoms with Gasteiger partial charge in [0.25, 0.3) is 5.91 Å². The molecule has 2 aromatic carbocycles. The fourth-order valence-corrected chi connectivity index (χ4v) is 4.73. The van der Waals surface area contributed by atoms with Crippen molar-refractivity contribution < 1.29 is 9.21 Å². The first kappa shape index (κ1) is 17.9. The molecule has 2 aromatic heterocycles. The molecule has 1 saturated heterocycles. The molecule has 1 fully saturated rings. The molecule has 0 radical (unpaired) electrons. The Morgan fingerprint density at radius 3 is 2.69 bits per heavy atom. The number of nitrogens with zero attached hydrogens (tertiary/aromatic N) is 3. The summed E-state index contributed by atoms with van der Waals surface area (Å²) in [6, 6.07) is 18.6. The highest BCUT2D eigenvalue weighted by Crippen LogP contribution is 2.38. The van der Waals surface area contributed by atoms with E-state index >= 15 is 0 Å². The van der Waals surface area contributed by atoms with Crippen LogP contribution in [0.4, 0.5) is 0 Å². The first-order valence-corrected chi connectivity index (χ1v) is 10.3.